The van der Waals surface area contributed by atoms with Crippen LogP contribution in [0, 0.1) is 5.82 Å². The van der Waals surface area contributed by atoms with Gasteiger partial charge in [0.1, 0.15) is 11.2 Å². The lowest BCUT2D eigenvalue weighted by Gasteiger charge is -2.20. The van der Waals surface area contributed by atoms with Crippen molar-refractivity contribution in [3.8, 4) is 0 Å². The Bertz CT molecular complexity index is 771. The summed E-state index contributed by atoms with van der Waals surface area (Å²) in [5, 5.41) is 0.549. The van der Waals surface area contributed by atoms with Gasteiger partial charge in [0.2, 0.25) is 5.62 Å². The maximum Gasteiger partial charge on any atom is 0.277 e. The van der Waals surface area contributed by atoms with Crippen LogP contribution < -0.4 is 16.5 Å². The molecular formula is C14H14FN3O. The van der Waals surface area contributed by atoms with Crippen LogP contribution in [0.2, 0.25) is 0 Å². The van der Waals surface area contributed by atoms with E-state index in [1.807, 2.05) is 6.92 Å². The molecule has 0 bridgehead atoms. The lowest BCUT2D eigenvalue weighted by Crippen LogP contribution is -2.37. The number of rotatable bonds is 1. The highest BCUT2D eigenvalue weighted by Gasteiger charge is 2.21. The summed E-state index contributed by atoms with van der Waals surface area (Å²) in [6.07, 6.45) is 2.49. The number of hydrogen-bond donors (Lipinski definition) is 1. The van der Waals surface area contributed by atoms with E-state index in [4.69, 9.17) is 0 Å². The molecule has 0 amide bonds. The van der Waals surface area contributed by atoms with Crippen molar-refractivity contribution in [1.82, 2.24) is 9.55 Å². The highest BCUT2D eigenvalue weighted by atomic mass is 19.1. The van der Waals surface area contributed by atoms with E-state index < -0.39 is 0 Å². The fourth-order valence-electron chi connectivity index (χ4n) is 2.48. The molecule has 0 aliphatic carbocycles. The van der Waals surface area contributed by atoms with E-state index >= 15 is 0 Å². The highest BCUT2D eigenvalue weighted by Crippen LogP contribution is 2.20. The van der Waals surface area contributed by atoms with E-state index in [-0.39, 0.29) is 17.4 Å². The number of H-pyrrole nitrogens is 1. The van der Waals surface area contributed by atoms with E-state index in [0.717, 1.165) is 12.0 Å². The summed E-state index contributed by atoms with van der Waals surface area (Å²) in [6.45, 7) is 2.47. The van der Waals surface area contributed by atoms with Crippen molar-refractivity contribution >= 4 is 6.08 Å². The number of nitrogens with zero attached hydrogens (tertiary/aromatic N) is 2. The topological polar surface area (TPSA) is 50.1 Å². The van der Waals surface area contributed by atoms with Crippen molar-refractivity contribution in [3.05, 3.63) is 57.0 Å². The summed E-state index contributed by atoms with van der Waals surface area (Å²) in [7, 11) is 0. The average molecular weight is 259 g/mol. The summed E-state index contributed by atoms with van der Waals surface area (Å²) in [5.41, 5.74) is 1.45. The first-order chi connectivity index (χ1) is 9.20. The molecule has 1 aromatic heterocycles. The zero-order valence-electron chi connectivity index (χ0n) is 10.6. The van der Waals surface area contributed by atoms with E-state index in [1.165, 1.54) is 12.1 Å². The lowest BCUT2D eigenvalue weighted by molar-refractivity contribution is 0.475. The Morgan fingerprint density at radius 1 is 1.42 bits per heavy atom. The van der Waals surface area contributed by atoms with Crippen LogP contribution in [0.3, 0.4) is 0 Å². The van der Waals surface area contributed by atoms with Gasteiger partial charge in [-0.3, -0.25) is 14.4 Å². The van der Waals surface area contributed by atoms with Gasteiger partial charge < -0.3 is 4.98 Å². The number of fused-ring (bicyclic) bond motifs is 1. The Hall–Kier alpha value is -2.17. The van der Waals surface area contributed by atoms with Crippen molar-refractivity contribution in [1.29, 1.82) is 0 Å². The fraction of sp³-hybridized carbons (Fsp3) is 0.286. The Balaban J connectivity index is 2.20. The van der Waals surface area contributed by atoms with E-state index in [2.05, 4.69) is 9.98 Å². The van der Waals surface area contributed by atoms with Crippen molar-refractivity contribution in [2.75, 3.05) is 6.54 Å². The van der Waals surface area contributed by atoms with Gasteiger partial charge in [-0.15, -0.1) is 0 Å². The standard InChI is InChI=1S/C14H14FN3O/c1-2-11-13(19)18-12(7-8-16-14(18)17-11)9-3-5-10(15)6-4-9/h2-6,12H,7-8H2,1H3,(H,16,17)/b11-2-. The first kappa shape index (κ1) is 11.9. The number of benzene rings is 1. The maximum absolute atomic E-state index is 13.0. The van der Waals surface area contributed by atoms with Gasteiger partial charge in [-0.1, -0.05) is 18.2 Å². The number of imidazole rings is 1. The van der Waals surface area contributed by atoms with E-state index in [0.29, 0.717) is 17.5 Å². The van der Waals surface area contributed by atoms with Crippen molar-refractivity contribution in [3.63, 3.8) is 0 Å². The van der Waals surface area contributed by atoms with Crippen LogP contribution in [0.15, 0.2) is 34.1 Å². The zero-order valence-corrected chi connectivity index (χ0v) is 10.6. The van der Waals surface area contributed by atoms with Gasteiger partial charge in [0.05, 0.1) is 6.04 Å². The predicted octanol–water partition coefficient (Wildman–Crippen LogP) is 0.729. The summed E-state index contributed by atoms with van der Waals surface area (Å²) in [4.78, 5) is 19.6. The number of aromatic amines is 1. The minimum absolute atomic E-state index is 0.0738. The minimum atomic E-state index is -0.270. The zero-order chi connectivity index (χ0) is 13.4. The molecule has 0 spiro atoms. The fourth-order valence-corrected chi connectivity index (χ4v) is 2.48. The third-order valence-electron chi connectivity index (χ3n) is 3.44. The molecule has 0 fully saturated rings. The summed E-state index contributed by atoms with van der Waals surface area (Å²) >= 11 is 0. The van der Waals surface area contributed by atoms with Gasteiger partial charge in [-0.25, -0.2) is 4.39 Å². The summed E-state index contributed by atoms with van der Waals surface area (Å²) in [6, 6.07) is 6.22. The molecule has 0 saturated heterocycles. The monoisotopic (exact) mass is 259 g/mol. The number of aromatic nitrogens is 2. The van der Waals surface area contributed by atoms with E-state index in [1.54, 1.807) is 22.8 Å². The van der Waals surface area contributed by atoms with Gasteiger partial charge in [0, 0.05) is 6.54 Å². The molecule has 19 heavy (non-hydrogen) atoms. The largest absolute Gasteiger partial charge is 0.321 e. The maximum atomic E-state index is 13.0. The second-order valence-electron chi connectivity index (χ2n) is 4.56. The molecular weight excluding hydrogens is 245 g/mol. The van der Waals surface area contributed by atoms with Gasteiger partial charge in [0.25, 0.3) is 5.56 Å². The molecule has 1 aromatic carbocycles. The third-order valence-corrected chi connectivity index (χ3v) is 3.44. The SMILES string of the molecule is C/C=c1\[nH]c2n(c1=O)C(c1ccc(F)cc1)CCN=2. The second-order valence-corrected chi connectivity index (χ2v) is 4.56. The van der Waals surface area contributed by atoms with Crippen LogP contribution in [-0.2, 0) is 0 Å². The Labute approximate surface area is 108 Å². The van der Waals surface area contributed by atoms with Crippen molar-refractivity contribution in [2.45, 2.75) is 19.4 Å². The molecule has 2 heterocycles. The van der Waals surface area contributed by atoms with E-state index in [9.17, 15) is 9.18 Å². The second kappa shape index (κ2) is 4.50. The molecule has 4 nitrogen and oxygen atoms in total. The van der Waals surface area contributed by atoms with Crippen LogP contribution in [0.5, 0.6) is 0 Å². The van der Waals surface area contributed by atoms with Gasteiger partial charge in [0.15, 0.2) is 0 Å². The molecule has 1 unspecified atom stereocenters. The number of hydrogen-bond acceptors (Lipinski definition) is 2. The van der Waals surface area contributed by atoms with Gasteiger partial charge in [-0.2, -0.15) is 0 Å². The molecule has 3 rings (SSSR count). The van der Waals surface area contributed by atoms with Crippen LogP contribution in [0.1, 0.15) is 24.9 Å². The van der Waals surface area contributed by atoms with Crippen LogP contribution >= 0.6 is 0 Å². The minimum Gasteiger partial charge on any atom is -0.321 e. The average Bonchev–Trinajstić information content (AvgIpc) is 2.76. The molecule has 2 aromatic rings. The molecule has 0 saturated carbocycles. The molecule has 1 aliphatic rings. The summed E-state index contributed by atoms with van der Waals surface area (Å²) in [5.74, 6) is -0.270. The van der Waals surface area contributed by atoms with Crippen molar-refractivity contribution in [2.24, 2.45) is 4.99 Å². The number of halogens is 1. The normalized spacial score (nSPS) is 19.1. The Morgan fingerprint density at radius 3 is 2.84 bits per heavy atom. The van der Waals surface area contributed by atoms with Crippen LogP contribution in [0.25, 0.3) is 6.08 Å². The van der Waals surface area contributed by atoms with Gasteiger partial charge >= 0.3 is 0 Å². The Kier molecular flexibility index (Phi) is 2.81. The van der Waals surface area contributed by atoms with Crippen molar-refractivity contribution < 1.29 is 4.39 Å². The number of nitrogens with one attached hydrogen (secondary N) is 1. The molecule has 98 valence electrons. The lowest BCUT2D eigenvalue weighted by atomic mass is 10.0. The first-order valence-corrected chi connectivity index (χ1v) is 6.27. The molecule has 1 atom stereocenters. The van der Waals surface area contributed by atoms with Crippen LogP contribution in [-0.4, -0.2) is 16.1 Å². The molecule has 1 N–H and O–H groups in total. The first-order valence-electron chi connectivity index (χ1n) is 6.27. The molecule has 1 aliphatic heterocycles. The predicted molar refractivity (Wildman–Crippen MR) is 70.0 cm³/mol. The highest BCUT2D eigenvalue weighted by molar-refractivity contribution is 5.22. The van der Waals surface area contributed by atoms with Crippen LogP contribution in [0.4, 0.5) is 4.39 Å². The summed E-state index contributed by atoms with van der Waals surface area (Å²) < 4.78 is 14.6. The Morgan fingerprint density at radius 2 is 2.16 bits per heavy atom. The molecule has 0 radical (unpaired) electrons. The van der Waals surface area contributed by atoms with Gasteiger partial charge in [-0.05, 0) is 31.0 Å². The quantitative estimate of drug-likeness (QED) is 0.806. The third kappa shape index (κ3) is 1.91. The smallest absolute Gasteiger partial charge is 0.277 e. The molecule has 5 heteroatoms.